The van der Waals surface area contributed by atoms with Crippen molar-refractivity contribution in [2.24, 2.45) is 0 Å². The number of nitrogens with zero attached hydrogens (tertiary/aromatic N) is 1. The van der Waals surface area contributed by atoms with E-state index in [1.807, 2.05) is 29.2 Å². The minimum atomic E-state index is -0.964. The van der Waals surface area contributed by atoms with Gasteiger partial charge in [0.15, 0.2) is 0 Å². The second-order valence-electron chi connectivity index (χ2n) is 11.5. The number of benzene rings is 4. The van der Waals surface area contributed by atoms with Gasteiger partial charge in [-0.25, -0.2) is 4.79 Å². The molecule has 4 aromatic carbocycles. The molecule has 0 aliphatic heterocycles. The molecule has 0 aromatic heterocycles. The zero-order valence-electron chi connectivity index (χ0n) is 24.0. The quantitative estimate of drug-likeness (QED) is 0.222. The zero-order valence-corrected chi connectivity index (χ0v) is 24.0. The van der Waals surface area contributed by atoms with Gasteiger partial charge in [0.1, 0.15) is 0 Å². The van der Waals surface area contributed by atoms with Crippen LogP contribution in [0.4, 0.5) is 0 Å². The normalized spacial score (nSPS) is 11.3. The highest BCUT2D eigenvalue weighted by Crippen LogP contribution is 2.25. The van der Waals surface area contributed by atoms with Gasteiger partial charge in [-0.05, 0) is 75.9 Å². The van der Waals surface area contributed by atoms with E-state index in [1.54, 1.807) is 24.3 Å². The van der Waals surface area contributed by atoms with E-state index >= 15 is 0 Å². The fourth-order valence-electron chi connectivity index (χ4n) is 4.74. The van der Waals surface area contributed by atoms with Crippen molar-refractivity contribution in [3.8, 4) is 11.1 Å². The molecule has 0 saturated carbocycles. The van der Waals surface area contributed by atoms with Crippen molar-refractivity contribution < 1.29 is 14.7 Å². The second-order valence-corrected chi connectivity index (χ2v) is 11.5. The third-order valence-corrected chi connectivity index (χ3v) is 7.29. The summed E-state index contributed by atoms with van der Waals surface area (Å²) >= 11 is 0. The maximum absolute atomic E-state index is 13.7. The van der Waals surface area contributed by atoms with E-state index in [9.17, 15) is 14.7 Å². The van der Waals surface area contributed by atoms with Crippen LogP contribution in [0.25, 0.3) is 11.1 Å². The molecule has 0 aliphatic carbocycles. The molecule has 0 atom stereocenters. The van der Waals surface area contributed by atoms with Crippen molar-refractivity contribution in [3.63, 3.8) is 0 Å². The molecule has 0 heterocycles. The van der Waals surface area contributed by atoms with E-state index in [2.05, 4.69) is 76.2 Å². The molecule has 4 nitrogen and oxygen atoms in total. The van der Waals surface area contributed by atoms with Crippen LogP contribution in [0.5, 0.6) is 0 Å². The minimum absolute atomic E-state index is 0.00469. The summed E-state index contributed by atoms with van der Waals surface area (Å²) in [6.07, 6.45) is 3.50. The smallest absolute Gasteiger partial charge is 0.335 e. The number of rotatable bonds is 10. The molecule has 1 N–H and O–H groups in total. The summed E-state index contributed by atoms with van der Waals surface area (Å²) in [5.74, 6) is -1.02. The largest absolute Gasteiger partial charge is 0.478 e. The Morgan fingerprint density at radius 1 is 0.650 bits per heavy atom. The Morgan fingerprint density at radius 2 is 1.10 bits per heavy atom. The first-order valence-corrected chi connectivity index (χ1v) is 14.0. The van der Waals surface area contributed by atoms with Crippen LogP contribution in [0, 0.1) is 0 Å². The number of carbonyl (C=O) groups excluding carboxylic acids is 1. The fourth-order valence-corrected chi connectivity index (χ4v) is 4.74. The van der Waals surface area contributed by atoms with Gasteiger partial charge in [-0.15, -0.1) is 0 Å². The van der Waals surface area contributed by atoms with Crippen LogP contribution in [0.1, 0.15) is 83.5 Å². The molecule has 4 heteroatoms. The minimum Gasteiger partial charge on any atom is -0.478 e. The highest BCUT2D eigenvalue weighted by Gasteiger charge is 2.19. The topological polar surface area (TPSA) is 57.6 Å². The van der Waals surface area contributed by atoms with Gasteiger partial charge in [0.2, 0.25) is 0 Å². The number of unbranched alkanes of at least 4 members (excludes halogenated alkanes) is 1. The van der Waals surface area contributed by atoms with E-state index in [4.69, 9.17) is 0 Å². The van der Waals surface area contributed by atoms with Crippen LogP contribution >= 0.6 is 0 Å². The summed E-state index contributed by atoms with van der Waals surface area (Å²) in [6, 6.07) is 31.7. The maximum Gasteiger partial charge on any atom is 0.335 e. The van der Waals surface area contributed by atoms with Crippen molar-refractivity contribution in [2.75, 3.05) is 0 Å². The Morgan fingerprint density at radius 3 is 1.55 bits per heavy atom. The third kappa shape index (κ3) is 7.47. The molecule has 1 amide bonds. The summed E-state index contributed by atoms with van der Waals surface area (Å²) in [4.78, 5) is 26.8. The molecule has 0 spiro atoms. The lowest BCUT2D eigenvalue weighted by molar-refractivity contribution is 0.0693. The molecule has 4 aromatic rings. The molecule has 0 unspecified atom stereocenters. The number of aromatic carboxylic acids is 1. The molecule has 0 bridgehead atoms. The van der Waals surface area contributed by atoms with Gasteiger partial charge in [0.05, 0.1) is 5.56 Å². The lowest BCUT2D eigenvalue weighted by Gasteiger charge is -2.24. The van der Waals surface area contributed by atoms with Crippen LogP contribution in [-0.4, -0.2) is 21.9 Å². The average molecular weight is 534 g/mol. The van der Waals surface area contributed by atoms with Crippen molar-refractivity contribution in [1.82, 2.24) is 4.90 Å². The fraction of sp³-hybridized carbons (Fsp3) is 0.278. The summed E-state index contributed by atoms with van der Waals surface area (Å²) in [5, 5.41) is 9.26. The van der Waals surface area contributed by atoms with Crippen LogP contribution in [-0.2, 0) is 24.9 Å². The van der Waals surface area contributed by atoms with Crippen molar-refractivity contribution in [1.29, 1.82) is 0 Å². The lowest BCUT2D eigenvalue weighted by Crippen LogP contribution is -2.30. The molecule has 0 aliphatic rings. The predicted octanol–water partition coefficient (Wildman–Crippen LogP) is 8.53. The molecule has 0 fully saturated rings. The number of amides is 1. The summed E-state index contributed by atoms with van der Waals surface area (Å²) in [6.45, 7) is 9.49. The first-order chi connectivity index (χ1) is 19.1. The van der Waals surface area contributed by atoms with Crippen LogP contribution in [0.15, 0.2) is 97.1 Å². The monoisotopic (exact) mass is 533 g/mol. The molecular formula is C36H39NO3. The average Bonchev–Trinajstić information content (AvgIpc) is 2.96. The van der Waals surface area contributed by atoms with Gasteiger partial charge in [-0.1, -0.05) is 107 Å². The molecule has 206 valence electrons. The Bertz CT molecular complexity index is 1410. The van der Waals surface area contributed by atoms with Crippen LogP contribution < -0.4 is 0 Å². The van der Waals surface area contributed by atoms with Gasteiger partial charge in [-0.3, -0.25) is 4.79 Å². The maximum atomic E-state index is 13.7. The van der Waals surface area contributed by atoms with Gasteiger partial charge < -0.3 is 10.0 Å². The van der Waals surface area contributed by atoms with Gasteiger partial charge in [0.25, 0.3) is 5.91 Å². The number of carbonyl (C=O) groups is 2. The van der Waals surface area contributed by atoms with Crippen LogP contribution in [0.3, 0.4) is 0 Å². The Kier molecular flexibility index (Phi) is 9.21. The van der Waals surface area contributed by atoms with E-state index in [0.29, 0.717) is 18.7 Å². The summed E-state index contributed by atoms with van der Waals surface area (Å²) < 4.78 is 0. The van der Waals surface area contributed by atoms with Crippen LogP contribution in [0.2, 0.25) is 0 Å². The van der Waals surface area contributed by atoms with Crippen molar-refractivity contribution in [3.05, 3.63) is 130 Å². The van der Waals surface area contributed by atoms with Gasteiger partial charge >= 0.3 is 5.97 Å². The summed E-state index contributed by atoms with van der Waals surface area (Å²) in [5.41, 5.74) is 7.64. The number of hydrogen-bond acceptors (Lipinski definition) is 2. The highest BCUT2D eigenvalue weighted by molar-refractivity contribution is 5.94. The number of carboxylic acid groups (broad SMARTS) is 1. The summed E-state index contributed by atoms with van der Waals surface area (Å²) in [7, 11) is 0. The zero-order chi connectivity index (χ0) is 28.7. The third-order valence-electron chi connectivity index (χ3n) is 7.29. The number of carboxylic acids is 1. The molecule has 40 heavy (non-hydrogen) atoms. The Balaban J connectivity index is 1.55. The Labute approximate surface area is 238 Å². The number of aryl methyl sites for hydroxylation is 1. The second kappa shape index (κ2) is 12.8. The standard InChI is InChI=1S/C36H39NO3/c1-5-6-7-26-8-14-29(15-9-26)30-16-10-27(11-17-30)24-37(25-28-12-18-32(19-13-28)35(39)40)34(38)31-20-22-33(23-21-31)36(2,3)4/h8-23H,5-7,24-25H2,1-4H3,(H,39,40). The first-order valence-electron chi connectivity index (χ1n) is 14.0. The van der Waals surface area contributed by atoms with E-state index in [1.165, 1.54) is 29.5 Å². The molecule has 0 radical (unpaired) electrons. The Hall–Kier alpha value is -4.18. The lowest BCUT2D eigenvalue weighted by atomic mass is 9.86. The van der Waals surface area contributed by atoms with Gasteiger partial charge in [-0.2, -0.15) is 0 Å². The van der Waals surface area contributed by atoms with Crippen molar-refractivity contribution >= 4 is 11.9 Å². The highest BCUT2D eigenvalue weighted by atomic mass is 16.4. The van der Waals surface area contributed by atoms with Crippen molar-refractivity contribution in [2.45, 2.75) is 65.5 Å². The van der Waals surface area contributed by atoms with E-state index in [0.717, 1.165) is 23.1 Å². The molecule has 4 rings (SSSR count). The molecule has 0 saturated heterocycles. The van der Waals surface area contributed by atoms with E-state index < -0.39 is 5.97 Å². The van der Waals surface area contributed by atoms with Gasteiger partial charge in [0, 0.05) is 18.7 Å². The first kappa shape index (κ1) is 28.8. The predicted molar refractivity (Wildman–Crippen MR) is 163 cm³/mol. The number of hydrogen-bond donors (Lipinski definition) is 1. The molecular weight excluding hydrogens is 494 g/mol. The van der Waals surface area contributed by atoms with E-state index in [-0.39, 0.29) is 16.9 Å². The SMILES string of the molecule is CCCCc1ccc(-c2ccc(CN(Cc3ccc(C(=O)O)cc3)C(=O)c3ccc(C(C)(C)C)cc3)cc2)cc1.